The number of carbonyl (C=O) groups excluding carboxylic acids is 1. The Morgan fingerprint density at radius 3 is 2.83 bits per heavy atom. The van der Waals surface area contributed by atoms with Crippen molar-refractivity contribution in [2.24, 2.45) is 0 Å². The van der Waals surface area contributed by atoms with Crippen molar-refractivity contribution in [1.29, 1.82) is 0 Å². The smallest absolute Gasteiger partial charge is 0.155 e. The van der Waals surface area contributed by atoms with Gasteiger partial charge in [0.1, 0.15) is 0 Å². The summed E-state index contributed by atoms with van der Waals surface area (Å²) < 4.78 is 1.26. The van der Waals surface area contributed by atoms with E-state index in [9.17, 15) is 9.90 Å². The van der Waals surface area contributed by atoms with Crippen molar-refractivity contribution in [3.63, 3.8) is 0 Å². The Morgan fingerprint density at radius 1 is 1.21 bits per heavy atom. The molecule has 2 aromatic heterocycles. The van der Waals surface area contributed by atoms with E-state index in [1.54, 1.807) is 11.3 Å². The van der Waals surface area contributed by atoms with E-state index < -0.39 is 0 Å². The molecule has 0 atom stereocenters. The summed E-state index contributed by atoms with van der Waals surface area (Å²) in [6, 6.07) is 16.6. The van der Waals surface area contributed by atoms with Gasteiger partial charge in [-0.15, -0.1) is 11.3 Å². The Morgan fingerprint density at radius 2 is 2.04 bits per heavy atom. The van der Waals surface area contributed by atoms with Gasteiger partial charge in [0.2, 0.25) is 0 Å². The summed E-state index contributed by atoms with van der Waals surface area (Å²) in [4.78, 5) is 16.8. The predicted octanol–water partition coefficient (Wildman–Crippen LogP) is 5.32. The van der Waals surface area contributed by atoms with Crippen molar-refractivity contribution < 1.29 is 9.90 Å². The van der Waals surface area contributed by atoms with Crippen LogP contribution in [0.15, 0.2) is 60.4 Å². The molecule has 3 rings (SSSR count). The van der Waals surface area contributed by atoms with Crippen molar-refractivity contribution >= 4 is 27.2 Å². The average molecular weight is 337 g/mol. The molecule has 122 valence electrons. The molecule has 3 nitrogen and oxygen atoms in total. The predicted molar refractivity (Wildman–Crippen MR) is 99.4 cm³/mol. The zero-order chi connectivity index (χ0) is 16.9. The molecule has 0 aliphatic rings. The fraction of sp³-hybridized carbons (Fsp3) is 0.200. The van der Waals surface area contributed by atoms with Gasteiger partial charge in [-0.2, -0.15) is 0 Å². The molecule has 0 spiro atoms. The van der Waals surface area contributed by atoms with Gasteiger partial charge in [-0.25, -0.2) is 0 Å². The highest BCUT2D eigenvalue weighted by Crippen LogP contribution is 2.32. The highest BCUT2D eigenvalue weighted by molar-refractivity contribution is 7.22. The molecule has 0 amide bonds. The maximum absolute atomic E-state index is 10.9. The van der Waals surface area contributed by atoms with Crippen LogP contribution in [0.5, 0.6) is 0 Å². The van der Waals surface area contributed by atoms with E-state index in [1.165, 1.54) is 23.1 Å². The Balaban J connectivity index is 1.71. The van der Waals surface area contributed by atoms with E-state index in [-0.39, 0.29) is 11.5 Å². The molecule has 0 bridgehead atoms. The summed E-state index contributed by atoms with van der Waals surface area (Å²) in [7, 11) is 0. The van der Waals surface area contributed by atoms with Gasteiger partial charge in [-0.3, -0.25) is 9.78 Å². The van der Waals surface area contributed by atoms with Crippen LogP contribution in [0, 0.1) is 0 Å². The monoisotopic (exact) mass is 337 g/mol. The summed E-state index contributed by atoms with van der Waals surface area (Å²) in [5, 5.41) is 10.9. The van der Waals surface area contributed by atoms with Crippen molar-refractivity contribution in [2.45, 2.75) is 26.2 Å². The topological polar surface area (TPSA) is 50.2 Å². The molecule has 4 heteroatoms. The minimum atomic E-state index is -0.127. The van der Waals surface area contributed by atoms with Gasteiger partial charge in [0, 0.05) is 22.9 Å². The lowest BCUT2D eigenvalue weighted by molar-refractivity contribution is -0.112. The van der Waals surface area contributed by atoms with Gasteiger partial charge in [-0.1, -0.05) is 24.3 Å². The second-order valence-electron chi connectivity index (χ2n) is 5.76. The van der Waals surface area contributed by atoms with Crippen LogP contribution in [0.2, 0.25) is 0 Å². The average Bonchev–Trinajstić information content (AvgIpc) is 2.98. The number of carbonyl (C=O) groups is 1. The number of aromatic nitrogens is 1. The number of fused-ring (bicyclic) bond motifs is 1. The molecule has 24 heavy (non-hydrogen) atoms. The van der Waals surface area contributed by atoms with Crippen LogP contribution in [0.4, 0.5) is 0 Å². The fourth-order valence-corrected chi connectivity index (χ4v) is 3.65. The van der Waals surface area contributed by atoms with Gasteiger partial charge in [0.25, 0.3) is 0 Å². The van der Waals surface area contributed by atoms with Gasteiger partial charge in [0.05, 0.1) is 16.3 Å². The lowest BCUT2D eigenvalue weighted by Crippen LogP contribution is -1.94. The van der Waals surface area contributed by atoms with Crippen LogP contribution in [0.1, 0.15) is 25.5 Å². The molecule has 0 aliphatic carbocycles. The normalized spacial score (nSPS) is 11.8. The number of hydrogen-bond donors (Lipinski definition) is 1. The fourth-order valence-electron chi connectivity index (χ4n) is 2.62. The quantitative estimate of drug-likeness (QED) is 0.489. The number of benzene rings is 1. The molecular formula is C20H19NO2S. The Labute approximate surface area is 145 Å². The molecule has 0 fully saturated rings. The van der Waals surface area contributed by atoms with Crippen LogP contribution in [0.25, 0.3) is 20.7 Å². The van der Waals surface area contributed by atoms with Crippen molar-refractivity contribution in [2.75, 3.05) is 0 Å². The van der Waals surface area contributed by atoms with Gasteiger partial charge >= 0.3 is 0 Å². The summed E-state index contributed by atoms with van der Waals surface area (Å²) in [6.45, 7) is 1.44. The molecule has 0 radical (unpaired) electrons. The summed E-state index contributed by atoms with van der Waals surface area (Å²) in [5.41, 5.74) is 1.98. The maximum Gasteiger partial charge on any atom is 0.155 e. The Bertz CT molecular complexity index is 862. The van der Waals surface area contributed by atoms with Crippen LogP contribution in [-0.2, 0) is 11.2 Å². The molecule has 0 aliphatic heterocycles. The minimum Gasteiger partial charge on any atom is -0.512 e. The van der Waals surface area contributed by atoms with Crippen molar-refractivity contribution in [3.8, 4) is 10.6 Å². The number of nitrogens with zero attached hydrogens (tertiary/aromatic N) is 1. The zero-order valence-corrected chi connectivity index (χ0v) is 14.3. The minimum absolute atomic E-state index is 0.127. The second-order valence-corrected chi connectivity index (χ2v) is 6.85. The third-order valence-electron chi connectivity index (χ3n) is 3.72. The molecule has 0 saturated heterocycles. The number of aliphatic hydroxyl groups excluding tert-OH is 1. The van der Waals surface area contributed by atoms with Gasteiger partial charge < -0.3 is 5.11 Å². The first-order chi connectivity index (χ1) is 11.6. The standard InChI is InChI=1S/C20H19NO2S/c1-14(22)12-17(23)9-4-7-16-8-5-10-18(21-16)20-13-15-6-2-3-11-19(15)24-20/h2-3,5-6,8,10-13,23H,4,7,9H2,1H3. The van der Waals surface area contributed by atoms with Gasteiger partial charge in [0.15, 0.2) is 5.78 Å². The van der Waals surface area contributed by atoms with Crippen LogP contribution in [-0.4, -0.2) is 15.9 Å². The molecule has 0 unspecified atom stereocenters. The number of pyridine rings is 1. The summed E-state index contributed by atoms with van der Waals surface area (Å²) >= 11 is 1.75. The largest absolute Gasteiger partial charge is 0.512 e. The van der Waals surface area contributed by atoms with Crippen molar-refractivity contribution in [3.05, 3.63) is 66.1 Å². The molecule has 0 saturated carbocycles. The molecular weight excluding hydrogens is 318 g/mol. The Kier molecular flexibility index (Phi) is 5.06. The van der Waals surface area contributed by atoms with E-state index in [1.807, 2.05) is 30.3 Å². The first kappa shape index (κ1) is 16.4. The van der Waals surface area contributed by atoms with Gasteiger partial charge in [-0.05, 0) is 49.4 Å². The molecule has 1 aromatic carbocycles. The van der Waals surface area contributed by atoms with Crippen LogP contribution in [0.3, 0.4) is 0 Å². The summed E-state index contributed by atoms with van der Waals surface area (Å²) in [6.07, 6.45) is 3.31. The maximum atomic E-state index is 10.9. The van der Waals surface area contributed by atoms with E-state index in [0.717, 1.165) is 29.1 Å². The number of hydrogen-bond acceptors (Lipinski definition) is 4. The highest BCUT2D eigenvalue weighted by Gasteiger charge is 2.06. The van der Waals surface area contributed by atoms with Crippen LogP contribution < -0.4 is 0 Å². The number of rotatable bonds is 6. The Hall–Kier alpha value is -2.46. The van der Waals surface area contributed by atoms with Crippen LogP contribution >= 0.6 is 11.3 Å². The number of allylic oxidation sites excluding steroid dienone is 2. The second kappa shape index (κ2) is 7.41. The number of ketones is 1. The number of aliphatic hydroxyl groups is 1. The SMILES string of the molecule is CC(=O)C=C(O)CCCc1cccc(-c2cc3ccccc3s2)n1. The zero-order valence-electron chi connectivity index (χ0n) is 13.5. The molecule has 1 N–H and O–H groups in total. The third kappa shape index (κ3) is 4.09. The molecule has 2 heterocycles. The molecule has 3 aromatic rings. The first-order valence-corrected chi connectivity index (χ1v) is 8.78. The number of aryl methyl sites for hydroxylation is 1. The van der Waals surface area contributed by atoms with E-state index in [2.05, 4.69) is 18.2 Å². The van der Waals surface area contributed by atoms with Crippen molar-refractivity contribution in [1.82, 2.24) is 4.98 Å². The lowest BCUT2D eigenvalue weighted by atomic mass is 10.1. The van der Waals surface area contributed by atoms with E-state index in [4.69, 9.17) is 4.98 Å². The highest BCUT2D eigenvalue weighted by atomic mass is 32.1. The van der Waals surface area contributed by atoms with E-state index >= 15 is 0 Å². The number of thiophene rings is 1. The third-order valence-corrected chi connectivity index (χ3v) is 4.86. The first-order valence-electron chi connectivity index (χ1n) is 7.97. The van der Waals surface area contributed by atoms with E-state index in [0.29, 0.717) is 6.42 Å². The summed E-state index contributed by atoms with van der Waals surface area (Å²) in [5.74, 6) is 0.0144. The lowest BCUT2D eigenvalue weighted by Gasteiger charge is -2.03.